The summed E-state index contributed by atoms with van der Waals surface area (Å²) in [4.78, 5) is 22.1. The zero-order valence-corrected chi connectivity index (χ0v) is 8.29. The van der Waals surface area contributed by atoms with Gasteiger partial charge in [0, 0.05) is 12.1 Å². The summed E-state index contributed by atoms with van der Waals surface area (Å²) in [6.07, 6.45) is 1.61. The van der Waals surface area contributed by atoms with Crippen LogP contribution in [0.5, 0.6) is 0 Å². The molecule has 0 saturated carbocycles. The lowest BCUT2D eigenvalue weighted by Gasteiger charge is -2.20. The molecular formula is C10H9N3O3. The molecule has 0 spiro atoms. The van der Waals surface area contributed by atoms with Gasteiger partial charge in [-0.2, -0.15) is 0 Å². The Balaban J connectivity index is 2.42. The normalized spacial score (nSPS) is 15.4. The van der Waals surface area contributed by atoms with Crippen LogP contribution in [0.15, 0.2) is 36.4 Å². The lowest BCUT2D eigenvalue weighted by molar-refractivity contribution is -0.612. The van der Waals surface area contributed by atoms with Gasteiger partial charge in [0.25, 0.3) is 0 Å². The molecule has 0 fully saturated rings. The van der Waals surface area contributed by atoms with Crippen LogP contribution in [-0.4, -0.2) is 22.6 Å². The second-order valence-corrected chi connectivity index (χ2v) is 3.19. The van der Waals surface area contributed by atoms with Crippen molar-refractivity contribution in [1.29, 1.82) is 0 Å². The van der Waals surface area contributed by atoms with Gasteiger partial charge in [-0.1, -0.05) is 30.3 Å². The van der Waals surface area contributed by atoms with Crippen molar-refractivity contribution in [3.8, 4) is 0 Å². The Hall–Kier alpha value is -2.37. The van der Waals surface area contributed by atoms with Gasteiger partial charge in [0.2, 0.25) is 0 Å². The summed E-state index contributed by atoms with van der Waals surface area (Å²) in [7, 11) is 0. The highest BCUT2D eigenvalue weighted by molar-refractivity contribution is 5.86. The van der Waals surface area contributed by atoms with E-state index in [0.29, 0.717) is 22.8 Å². The molecule has 1 aliphatic heterocycles. The maximum Gasteiger partial charge on any atom is 0.381 e. The SMILES string of the molecule is O=C1NCC=C(c2ccccc2)N1[N+](=O)[O-]. The first kappa shape index (κ1) is 10.2. The van der Waals surface area contributed by atoms with Crippen LogP contribution in [0.25, 0.3) is 5.70 Å². The molecule has 0 unspecified atom stereocenters. The highest BCUT2D eigenvalue weighted by Gasteiger charge is 2.32. The van der Waals surface area contributed by atoms with E-state index < -0.39 is 11.1 Å². The smallest absolute Gasteiger partial charge is 0.330 e. The van der Waals surface area contributed by atoms with Gasteiger partial charge in [-0.3, -0.25) is 0 Å². The summed E-state index contributed by atoms with van der Waals surface area (Å²) in [6.45, 7) is 0.299. The molecule has 6 nitrogen and oxygen atoms in total. The standard InChI is InChI=1S/C10H9N3O3/c14-10-11-7-6-9(12(10)13(15)16)8-4-2-1-3-5-8/h1-6H,7H2,(H,11,14). The van der Waals surface area contributed by atoms with Crippen LogP contribution in [0, 0.1) is 10.1 Å². The minimum atomic E-state index is -0.729. The molecule has 1 aromatic carbocycles. The van der Waals surface area contributed by atoms with Crippen molar-refractivity contribution in [1.82, 2.24) is 10.3 Å². The van der Waals surface area contributed by atoms with Crippen molar-refractivity contribution in [3.63, 3.8) is 0 Å². The molecule has 16 heavy (non-hydrogen) atoms. The summed E-state index contributed by atoms with van der Waals surface area (Å²) in [6, 6.07) is 8.07. The number of hydrogen-bond acceptors (Lipinski definition) is 3. The molecule has 0 aliphatic carbocycles. The second-order valence-electron chi connectivity index (χ2n) is 3.19. The van der Waals surface area contributed by atoms with Crippen molar-refractivity contribution in [2.24, 2.45) is 0 Å². The van der Waals surface area contributed by atoms with Crippen molar-refractivity contribution < 1.29 is 9.83 Å². The number of nitro groups is 1. The van der Waals surface area contributed by atoms with Crippen molar-refractivity contribution in [2.45, 2.75) is 0 Å². The van der Waals surface area contributed by atoms with Gasteiger partial charge in [0.15, 0.2) is 5.03 Å². The van der Waals surface area contributed by atoms with Gasteiger partial charge in [-0.25, -0.2) is 14.9 Å². The molecule has 2 rings (SSSR count). The monoisotopic (exact) mass is 219 g/mol. The minimum absolute atomic E-state index is 0.299. The first-order chi connectivity index (χ1) is 7.70. The quantitative estimate of drug-likeness (QED) is 0.600. The number of hydrogen-bond donors (Lipinski definition) is 1. The Bertz CT molecular complexity index is 456. The molecule has 1 N–H and O–H groups in total. The van der Waals surface area contributed by atoms with E-state index in [1.807, 2.05) is 6.07 Å². The van der Waals surface area contributed by atoms with Gasteiger partial charge in [-0.05, 0) is 11.1 Å². The Morgan fingerprint density at radius 2 is 2.00 bits per heavy atom. The molecule has 6 heteroatoms. The molecule has 0 atom stereocenters. The van der Waals surface area contributed by atoms with Crippen molar-refractivity contribution in [3.05, 3.63) is 52.1 Å². The van der Waals surface area contributed by atoms with Crippen LogP contribution in [0.3, 0.4) is 0 Å². The maximum absolute atomic E-state index is 11.4. The second kappa shape index (κ2) is 4.01. The predicted octanol–water partition coefficient (Wildman–Crippen LogP) is 1.24. The van der Waals surface area contributed by atoms with Crippen molar-refractivity contribution in [2.75, 3.05) is 6.54 Å². The van der Waals surface area contributed by atoms with E-state index in [4.69, 9.17) is 0 Å². The molecule has 1 aliphatic rings. The first-order valence-electron chi connectivity index (χ1n) is 4.68. The lowest BCUT2D eigenvalue weighted by atomic mass is 10.1. The molecule has 0 bridgehead atoms. The molecular weight excluding hydrogens is 210 g/mol. The van der Waals surface area contributed by atoms with Crippen LogP contribution in [-0.2, 0) is 0 Å². The van der Waals surface area contributed by atoms with Crippen molar-refractivity contribution >= 4 is 11.7 Å². The fraction of sp³-hybridized carbons (Fsp3) is 0.100. The van der Waals surface area contributed by atoms with Gasteiger partial charge in [-0.15, -0.1) is 0 Å². The summed E-state index contributed by atoms with van der Waals surface area (Å²) in [5.41, 5.74) is 0.948. The zero-order chi connectivity index (χ0) is 11.5. The van der Waals surface area contributed by atoms with E-state index in [1.165, 1.54) is 0 Å². The maximum atomic E-state index is 11.4. The number of nitrogens with one attached hydrogen (secondary N) is 1. The number of benzene rings is 1. The summed E-state index contributed by atoms with van der Waals surface area (Å²) in [5.74, 6) is 0. The predicted molar refractivity (Wildman–Crippen MR) is 56.7 cm³/mol. The van der Waals surface area contributed by atoms with E-state index in [9.17, 15) is 14.9 Å². The number of hydrazine groups is 1. The van der Waals surface area contributed by atoms with Crippen LogP contribution >= 0.6 is 0 Å². The fourth-order valence-electron chi connectivity index (χ4n) is 1.52. The van der Waals surface area contributed by atoms with Gasteiger partial charge >= 0.3 is 6.03 Å². The van der Waals surface area contributed by atoms with Gasteiger partial charge < -0.3 is 5.32 Å². The summed E-state index contributed by atoms with van der Waals surface area (Å²) < 4.78 is 0. The minimum Gasteiger partial charge on any atom is -0.330 e. The molecule has 0 aromatic heterocycles. The largest absolute Gasteiger partial charge is 0.381 e. The average Bonchev–Trinajstić information content (AvgIpc) is 2.29. The summed E-state index contributed by atoms with van der Waals surface area (Å²) >= 11 is 0. The third-order valence-electron chi connectivity index (χ3n) is 2.20. The van der Waals surface area contributed by atoms with Crippen LogP contribution in [0.4, 0.5) is 4.79 Å². The third kappa shape index (κ3) is 1.72. The van der Waals surface area contributed by atoms with E-state index in [0.717, 1.165) is 0 Å². The topological polar surface area (TPSA) is 75.5 Å². The Morgan fingerprint density at radius 1 is 1.31 bits per heavy atom. The number of rotatable bonds is 2. The number of carbonyl (C=O) groups excluding carboxylic acids is 1. The fourth-order valence-corrected chi connectivity index (χ4v) is 1.52. The Labute approximate surface area is 91.3 Å². The molecule has 0 radical (unpaired) electrons. The summed E-state index contributed by atoms with van der Waals surface area (Å²) in [5, 5.41) is 12.9. The molecule has 2 amide bonds. The number of urea groups is 1. The van der Waals surface area contributed by atoms with Gasteiger partial charge in [0.1, 0.15) is 5.70 Å². The number of nitrogens with zero attached hydrogens (tertiary/aromatic N) is 2. The van der Waals surface area contributed by atoms with Crippen LogP contribution in [0.1, 0.15) is 5.56 Å². The van der Waals surface area contributed by atoms with E-state index >= 15 is 0 Å². The first-order valence-corrected chi connectivity index (χ1v) is 4.68. The van der Waals surface area contributed by atoms with E-state index in [1.54, 1.807) is 30.3 Å². The number of carbonyl (C=O) groups is 1. The van der Waals surface area contributed by atoms with E-state index in [-0.39, 0.29) is 0 Å². The lowest BCUT2D eigenvalue weighted by Crippen LogP contribution is -2.45. The van der Waals surface area contributed by atoms with Crippen LogP contribution < -0.4 is 5.32 Å². The Kier molecular flexibility index (Phi) is 2.55. The highest BCUT2D eigenvalue weighted by Crippen LogP contribution is 2.20. The van der Waals surface area contributed by atoms with E-state index in [2.05, 4.69) is 5.32 Å². The molecule has 1 heterocycles. The highest BCUT2D eigenvalue weighted by atomic mass is 16.7. The average molecular weight is 219 g/mol. The molecule has 82 valence electrons. The van der Waals surface area contributed by atoms with Gasteiger partial charge in [0.05, 0.1) is 0 Å². The molecule has 1 aromatic rings. The third-order valence-corrected chi connectivity index (χ3v) is 2.20. The Morgan fingerprint density at radius 3 is 2.62 bits per heavy atom. The molecule has 0 saturated heterocycles. The van der Waals surface area contributed by atoms with Crippen LogP contribution in [0.2, 0.25) is 0 Å². The zero-order valence-electron chi connectivity index (χ0n) is 8.29. The number of amides is 2.